The van der Waals surface area contributed by atoms with Crippen LogP contribution in [0.25, 0.3) is 0 Å². The van der Waals surface area contributed by atoms with E-state index >= 15 is 0 Å². The van der Waals surface area contributed by atoms with Crippen LogP contribution in [-0.2, 0) is 6.54 Å². The van der Waals surface area contributed by atoms with Gasteiger partial charge in [-0.15, -0.1) is 0 Å². The molecule has 2 N–H and O–H groups in total. The Morgan fingerprint density at radius 3 is 2.93 bits per heavy atom. The predicted octanol–water partition coefficient (Wildman–Crippen LogP) is 2.71. The lowest BCUT2D eigenvalue weighted by Gasteiger charge is -2.27. The van der Waals surface area contributed by atoms with Crippen LogP contribution in [0.5, 0.6) is 0 Å². The van der Waals surface area contributed by atoms with E-state index in [-0.39, 0.29) is 0 Å². The van der Waals surface area contributed by atoms with Crippen LogP contribution in [0.4, 0.5) is 5.69 Å². The van der Waals surface area contributed by atoms with Gasteiger partial charge in [-0.05, 0) is 37.0 Å². The number of hydrogen-bond acceptors (Lipinski definition) is 2. The zero-order valence-corrected chi connectivity index (χ0v) is 9.80. The zero-order chi connectivity index (χ0) is 10.8. The van der Waals surface area contributed by atoms with Crippen LogP contribution in [0.3, 0.4) is 0 Å². The lowest BCUT2D eigenvalue weighted by Crippen LogP contribution is -2.28. The van der Waals surface area contributed by atoms with Crippen molar-refractivity contribution in [2.75, 3.05) is 11.9 Å². The van der Waals surface area contributed by atoms with Crippen molar-refractivity contribution in [1.29, 1.82) is 0 Å². The van der Waals surface area contributed by atoms with Crippen molar-refractivity contribution >= 4 is 5.69 Å². The Labute approximate surface area is 92.1 Å². The smallest absolute Gasteiger partial charge is 0.0381 e. The SMILES string of the molecule is CC(C)Nc1cccc2c1C(C)CNC2. The van der Waals surface area contributed by atoms with Crippen LogP contribution < -0.4 is 10.6 Å². The zero-order valence-electron chi connectivity index (χ0n) is 9.80. The number of rotatable bonds is 2. The second-order valence-corrected chi connectivity index (χ2v) is 4.71. The molecule has 15 heavy (non-hydrogen) atoms. The van der Waals surface area contributed by atoms with Gasteiger partial charge in [-0.1, -0.05) is 19.1 Å². The van der Waals surface area contributed by atoms with Gasteiger partial charge < -0.3 is 10.6 Å². The Kier molecular flexibility index (Phi) is 2.96. The number of nitrogens with one attached hydrogen (secondary N) is 2. The van der Waals surface area contributed by atoms with Gasteiger partial charge in [0.05, 0.1) is 0 Å². The van der Waals surface area contributed by atoms with Crippen molar-refractivity contribution < 1.29 is 0 Å². The van der Waals surface area contributed by atoms with Gasteiger partial charge in [-0.3, -0.25) is 0 Å². The molecule has 2 rings (SSSR count). The first kappa shape index (κ1) is 10.5. The van der Waals surface area contributed by atoms with Crippen LogP contribution in [0.15, 0.2) is 18.2 Å². The van der Waals surface area contributed by atoms with Crippen LogP contribution >= 0.6 is 0 Å². The lowest BCUT2D eigenvalue weighted by molar-refractivity contribution is 0.571. The third kappa shape index (κ3) is 2.15. The molecule has 82 valence electrons. The summed E-state index contributed by atoms with van der Waals surface area (Å²) in [6.07, 6.45) is 0. The second-order valence-electron chi connectivity index (χ2n) is 4.71. The second kappa shape index (κ2) is 4.23. The third-order valence-electron chi connectivity index (χ3n) is 2.90. The fourth-order valence-corrected chi connectivity index (χ4v) is 2.31. The van der Waals surface area contributed by atoms with E-state index in [0.717, 1.165) is 13.1 Å². The average molecular weight is 204 g/mol. The van der Waals surface area contributed by atoms with E-state index in [9.17, 15) is 0 Å². The predicted molar refractivity (Wildman–Crippen MR) is 65.3 cm³/mol. The highest BCUT2D eigenvalue weighted by Gasteiger charge is 2.19. The van der Waals surface area contributed by atoms with Crippen molar-refractivity contribution in [3.05, 3.63) is 29.3 Å². The Morgan fingerprint density at radius 2 is 2.20 bits per heavy atom. The van der Waals surface area contributed by atoms with Gasteiger partial charge in [0.1, 0.15) is 0 Å². The normalized spacial score (nSPS) is 20.1. The molecule has 0 spiro atoms. The van der Waals surface area contributed by atoms with Crippen molar-refractivity contribution in [2.45, 2.75) is 39.3 Å². The summed E-state index contributed by atoms with van der Waals surface area (Å²) in [6, 6.07) is 7.06. The summed E-state index contributed by atoms with van der Waals surface area (Å²) in [5.41, 5.74) is 4.26. The quantitative estimate of drug-likeness (QED) is 0.774. The first-order chi connectivity index (χ1) is 7.18. The van der Waals surface area contributed by atoms with Gasteiger partial charge in [0.25, 0.3) is 0 Å². The summed E-state index contributed by atoms with van der Waals surface area (Å²) in [7, 11) is 0. The molecule has 1 aliphatic heterocycles. The topological polar surface area (TPSA) is 24.1 Å². The number of fused-ring (bicyclic) bond motifs is 1. The standard InChI is InChI=1S/C13H20N2/c1-9(2)15-12-6-4-5-11-8-14-7-10(3)13(11)12/h4-6,9-10,14-15H,7-8H2,1-3H3. The van der Waals surface area contributed by atoms with E-state index in [1.807, 2.05) is 0 Å². The molecule has 1 aromatic carbocycles. The molecule has 0 aromatic heterocycles. The molecule has 0 bridgehead atoms. The van der Waals surface area contributed by atoms with Gasteiger partial charge in [-0.25, -0.2) is 0 Å². The fourth-order valence-electron chi connectivity index (χ4n) is 2.31. The summed E-state index contributed by atoms with van der Waals surface area (Å²) in [5, 5.41) is 6.98. The molecule has 0 radical (unpaired) electrons. The summed E-state index contributed by atoms with van der Waals surface area (Å²) < 4.78 is 0. The van der Waals surface area contributed by atoms with Gasteiger partial charge in [0.15, 0.2) is 0 Å². The number of hydrogen-bond donors (Lipinski definition) is 2. The number of anilines is 1. The van der Waals surface area contributed by atoms with E-state index in [4.69, 9.17) is 0 Å². The maximum atomic E-state index is 3.54. The van der Waals surface area contributed by atoms with Crippen LogP contribution in [-0.4, -0.2) is 12.6 Å². The first-order valence-electron chi connectivity index (χ1n) is 5.77. The van der Waals surface area contributed by atoms with Crippen molar-refractivity contribution in [3.8, 4) is 0 Å². The molecule has 0 fully saturated rings. The average Bonchev–Trinajstić information content (AvgIpc) is 2.17. The molecule has 0 saturated carbocycles. The maximum absolute atomic E-state index is 3.54. The molecule has 1 heterocycles. The molecule has 1 aliphatic rings. The maximum Gasteiger partial charge on any atom is 0.0381 e. The first-order valence-corrected chi connectivity index (χ1v) is 5.77. The monoisotopic (exact) mass is 204 g/mol. The lowest BCUT2D eigenvalue weighted by atomic mass is 9.90. The largest absolute Gasteiger partial charge is 0.383 e. The molecular weight excluding hydrogens is 184 g/mol. The highest BCUT2D eigenvalue weighted by molar-refractivity contribution is 5.57. The van der Waals surface area contributed by atoms with Crippen molar-refractivity contribution in [2.24, 2.45) is 0 Å². The van der Waals surface area contributed by atoms with Gasteiger partial charge in [0.2, 0.25) is 0 Å². The van der Waals surface area contributed by atoms with Crippen LogP contribution in [0.1, 0.15) is 37.8 Å². The van der Waals surface area contributed by atoms with Gasteiger partial charge in [-0.2, -0.15) is 0 Å². The minimum atomic E-state index is 0.499. The van der Waals surface area contributed by atoms with E-state index in [1.54, 1.807) is 0 Å². The highest BCUT2D eigenvalue weighted by atomic mass is 14.9. The molecular formula is C13H20N2. The Hall–Kier alpha value is -1.02. The Bertz CT molecular complexity index is 344. The summed E-state index contributed by atoms with van der Waals surface area (Å²) in [5.74, 6) is 0.608. The number of benzene rings is 1. The molecule has 0 amide bonds. The van der Waals surface area contributed by atoms with E-state index in [1.165, 1.54) is 16.8 Å². The van der Waals surface area contributed by atoms with E-state index in [0.29, 0.717) is 12.0 Å². The minimum Gasteiger partial charge on any atom is -0.383 e. The van der Waals surface area contributed by atoms with Gasteiger partial charge in [0, 0.05) is 24.8 Å². The van der Waals surface area contributed by atoms with E-state index in [2.05, 4.69) is 49.6 Å². The molecule has 1 atom stereocenters. The molecule has 0 saturated heterocycles. The summed E-state index contributed by atoms with van der Waals surface area (Å²) >= 11 is 0. The van der Waals surface area contributed by atoms with Crippen LogP contribution in [0.2, 0.25) is 0 Å². The fraction of sp³-hybridized carbons (Fsp3) is 0.538. The van der Waals surface area contributed by atoms with Crippen LogP contribution in [0, 0.1) is 0 Å². The third-order valence-corrected chi connectivity index (χ3v) is 2.90. The molecule has 1 aromatic rings. The summed E-state index contributed by atoms with van der Waals surface area (Å²) in [4.78, 5) is 0. The van der Waals surface area contributed by atoms with Crippen molar-refractivity contribution in [3.63, 3.8) is 0 Å². The minimum absolute atomic E-state index is 0.499. The summed E-state index contributed by atoms with van der Waals surface area (Å²) in [6.45, 7) is 8.75. The molecule has 1 unspecified atom stereocenters. The highest BCUT2D eigenvalue weighted by Crippen LogP contribution is 2.30. The Morgan fingerprint density at radius 1 is 1.40 bits per heavy atom. The molecule has 0 aliphatic carbocycles. The molecule has 2 nitrogen and oxygen atoms in total. The Balaban J connectivity index is 2.38. The van der Waals surface area contributed by atoms with Crippen molar-refractivity contribution in [1.82, 2.24) is 5.32 Å². The van der Waals surface area contributed by atoms with Gasteiger partial charge >= 0.3 is 0 Å². The molecule has 2 heteroatoms. The van der Waals surface area contributed by atoms with E-state index < -0.39 is 0 Å².